The molecule has 0 N–H and O–H groups in total. The highest BCUT2D eigenvalue weighted by atomic mass is 16.5. The van der Waals surface area contributed by atoms with Crippen molar-refractivity contribution in [3.63, 3.8) is 0 Å². The summed E-state index contributed by atoms with van der Waals surface area (Å²) in [5, 5.41) is 0. The first kappa shape index (κ1) is 25.8. The van der Waals surface area contributed by atoms with Gasteiger partial charge in [-0.15, -0.1) is 0 Å². The van der Waals surface area contributed by atoms with Gasteiger partial charge in [0.2, 0.25) is 0 Å². The standard InChI is InChI=1S/C28H32O7/c1-29-21-14-20(15-22(16-21)30-2)28(35-7)27-19(13-23(31-3)17-26(27)34-6)10-8-18-9-11-24(32-4)25(12-18)33-5/h8-17,28H,1-7H3. The zero-order valence-corrected chi connectivity index (χ0v) is 21.2. The third-order valence-corrected chi connectivity index (χ3v) is 5.64. The largest absolute Gasteiger partial charge is 0.497 e. The smallest absolute Gasteiger partial charge is 0.161 e. The predicted octanol–water partition coefficient (Wildman–Crippen LogP) is 5.64. The van der Waals surface area contributed by atoms with Gasteiger partial charge in [-0.2, -0.15) is 0 Å². The summed E-state index contributed by atoms with van der Waals surface area (Å²) in [6.07, 6.45) is 3.51. The average molecular weight is 481 g/mol. The van der Waals surface area contributed by atoms with Gasteiger partial charge in [0.05, 0.1) is 42.7 Å². The maximum Gasteiger partial charge on any atom is 0.161 e. The average Bonchev–Trinajstić information content (AvgIpc) is 2.91. The van der Waals surface area contributed by atoms with Crippen molar-refractivity contribution in [2.24, 2.45) is 0 Å². The van der Waals surface area contributed by atoms with Crippen LogP contribution < -0.4 is 28.4 Å². The van der Waals surface area contributed by atoms with E-state index in [4.69, 9.17) is 33.2 Å². The molecule has 0 amide bonds. The first-order valence-electron chi connectivity index (χ1n) is 10.9. The molecule has 35 heavy (non-hydrogen) atoms. The molecule has 0 aliphatic rings. The Morgan fingerprint density at radius 2 is 1.14 bits per heavy atom. The molecule has 0 fully saturated rings. The zero-order valence-electron chi connectivity index (χ0n) is 21.2. The number of methoxy groups -OCH3 is 7. The lowest BCUT2D eigenvalue weighted by molar-refractivity contribution is 0.133. The lowest BCUT2D eigenvalue weighted by atomic mass is 9.94. The van der Waals surface area contributed by atoms with Crippen molar-refractivity contribution in [3.8, 4) is 34.5 Å². The van der Waals surface area contributed by atoms with Gasteiger partial charge in [0.15, 0.2) is 11.5 Å². The number of ether oxygens (including phenoxy) is 7. The van der Waals surface area contributed by atoms with E-state index in [1.54, 1.807) is 49.8 Å². The minimum absolute atomic E-state index is 0.468. The van der Waals surface area contributed by atoms with Crippen LogP contribution in [-0.4, -0.2) is 49.8 Å². The fourth-order valence-corrected chi connectivity index (χ4v) is 3.87. The fraction of sp³-hybridized carbons (Fsp3) is 0.286. The third-order valence-electron chi connectivity index (χ3n) is 5.64. The molecule has 1 unspecified atom stereocenters. The van der Waals surface area contributed by atoms with Crippen LogP contribution in [0.5, 0.6) is 34.5 Å². The van der Waals surface area contributed by atoms with E-state index >= 15 is 0 Å². The lowest BCUT2D eigenvalue weighted by Crippen LogP contribution is -2.09. The molecule has 7 heteroatoms. The topological polar surface area (TPSA) is 64.6 Å². The Kier molecular flexibility index (Phi) is 8.86. The van der Waals surface area contributed by atoms with E-state index in [1.807, 2.05) is 60.7 Å². The van der Waals surface area contributed by atoms with Gasteiger partial charge in [0.1, 0.15) is 29.1 Å². The highest BCUT2D eigenvalue weighted by Crippen LogP contribution is 2.41. The summed E-state index contributed by atoms with van der Waals surface area (Å²) in [6.45, 7) is 0. The lowest BCUT2D eigenvalue weighted by Gasteiger charge is -2.23. The van der Waals surface area contributed by atoms with E-state index < -0.39 is 6.10 Å². The van der Waals surface area contributed by atoms with Crippen molar-refractivity contribution in [3.05, 3.63) is 70.8 Å². The molecule has 0 spiro atoms. The molecule has 0 aromatic heterocycles. The van der Waals surface area contributed by atoms with Crippen molar-refractivity contribution in [2.75, 3.05) is 49.8 Å². The summed E-state index contributed by atoms with van der Waals surface area (Å²) < 4.78 is 39.0. The van der Waals surface area contributed by atoms with Gasteiger partial charge in [-0.3, -0.25) is 0 Å². The summed E-state index contributed by atoms with van der Waals surface area (Å²) in [5.41, 5.74) is 3.49. The second kappa shape index (κ2) is 12.0. The van der Waals surface area contributed by atoms with Crippen LogP contribution in [0.15, 0.2) is 48.5 Å². The van der Waals surface area contributed by atoms with Gasteiger partial charge < -0.3 is 33.2 Å². The molecule has 0 radical (unpaired) electrons. The first-order valence-corrected chi connectivity index (χ1v) is 10.9. The highest BCUT2D eigenvalue weighted by molar-refractivity contribution is 5.75. The normalized spacial score (nSPS) is 11.7. The quantitative estimate of drug-likeness (QED) is 0.329. The molecule has 0 aliphatic carbocycles. The van der Waals surface area contributed by atoms with Crippen molar-refractivity contribution < 1.29 is 33.2 Å². The summed E-state index contributed by atoms with van der Waals surface area (Å²) in [6, 6.07) is 15.2. The molecule has 3 aromatic rings. The zero-order chi connectivity index (χ0) is 25.4. The van der Waals surface area contributed by atoms with Crippen molar-refractivity contribution in [1.82, 2.24) is 0 Å². The Hall–Kier alpha value is -3.84. The Bertz CT molecular complexity index is 1150. The van der Waals surface area contributed by atoms with E-state index in [9.17, 15) is 0 Å². The van der Waals surface area contributed by atoms with Gasteiger partial charge in [0, 0.05) is 24.8 Å². The van der Waals surface area contributed by atoms with Crippen LogP contribution in [0, 0.1) is 0 Å². The van der Waals surface area contributed by atoms with Gasteiger partial charge >= 0.3 is 0 Å². The monoisotopic (exact) mass is 480 g/mol. The van der Waals surface area contributed by atoms with Crippen LogP contribution in [0.25, 0.3) is 12.2 Å². The van der Waals surface area contributed by atoms with Crippen LogP contribution in [0.4, 0.5) is 0 Å². The van der Waals surface area contributed by atoms with Crippen molar-refractivity contribution >= 4 is 12.2 Å². The molecule has 0 saturated heterocycles. The molecule has 1 atom stereocenters. The molecule has 0 heterocycles. The number of benzene rings is 3. The van der Waals surface area contributed by atoms with E-state index in [0.29, 0.717) is 34.5 Å². The van der Waals surface area contributed by atoms with Gasteiger partial charge in [0.25, 0.3) is 0 Å². The van der Waals surface area contributed by atoms with E-state index in [0.717, 1.165) is 22.3 Å². The molecule has 3 aromatic carbocycles. The fourth-order valence-electron chi connectivity index (χ4n) is 3.87. The summed E-state index contributed by atoms with van der Waals surface area (Å²) >= 11 is 0. The van der Waals surface area contributed by atoms with Crippen LogP contribution in [0.3, 0.4) is 0 Å². The van der Waals surface area contributed by atoms with Gasteiger partial charge in [-0.1, -0.05) is 18.2 Å². The molecule has 3 rings (SSSR count). The first-order chi connectivity index (χ1) is 17.0. The summed E-state index contributed by atoms with van der Waals surface area (Å²) in [5.74, 6) is 3.93. The van der Waals surface area contributed by atoms with E-state index in [1.165, 1.54) is 0 Å². The Balaban J connectivity index is 2.17. The number of hydrogen-bond acceptors (Lipinski definition) is 7. The number of hydrogen-bond donors (Lipinski definition) is 0. The molecule has 0 aliphatic heterocycles. The SMILES string of the molecule is COc1cc(OC)cc(C(OC)c2c(C=Cc3ccc(OC)c(OC)c3)cc(OC)cc2OC)c1. The summed E-state index contributed by atoms with van der Waals surface area (Å²) in [7, 11) is 11.4. The Morgan fingerprint density at radius 1 is 0.543 bits per heavy atom. The van der Waals surface area contributed by atoms with Crippen LogP contribution in [0.1, 0.15) is 28.4 Å². The minimum Gasteiger partial charge on any atom is -0.497 e. The highest BCUT2D eigenvalue weighted by Gasteiger charge is 2.24. The number of rotatable bonds is 11. The second-order valence-electron chi connectivity index (χ2n) is 7.54. The predicted molar refractivity (Wildman–Crippen MR) is 136 cm³/mol. The minimum atomic E-state index is -0.468. The molecule has 7 nitrogen and oxygen atoms in total. The van der Waals surface area contributed by atoms with Crippen LogP contribution in [-0.2, 0) is 4.74 Å². The van der Waals surface area contributed by atoms with Gasteiger partial charge in [-0.25, -0.2) is 0 Å². The van der Waals surface area contributed by atoms with Crippen molar-refractivity contribution in [2.45, 2.75) is 6.10 Å². The molecule has 0 bridgehead atoms. The Morgan fingerprint density at radius 3 is 1.69 bits per heavy atom. The third kappa shape index (κ3) is 5.81. The molecular weight excluding hydrogens is 448 g/mol. The Labute approximate surface area is 206 Å². The molecule has 0 saturated carbocycles. The van der Waals surface area contributed by atoms with E-state index in [2.05, 4.69) is 0 Å². The van der Waals surface area contributed by atoms with Gasteiger partial charge in [-0.05, 0) is 47.0 Å². The van der Waals surface area contributed by atoms with Crippen molar-refractivity contribution in [1.29, 1.82) is 0 Å². The summed E-state index contributed by atoms with van der Waals surface area (Å²) in [4.78, 5) is 0. The molecular formula is C28H32O7. The maximum absolute atomic E-state index is 5.99. The van der Waals surface area contributed by atoms with Crippen LogP contribution >= 0.6 is 0 Å². The van der Waals surface area contributed by atoms with E-state index in [-0.39, 0.29) is 0 Å². The second-order valence-corrected chi connectivity index (χ2v) is 7.54. The molecule has 186 valence electrons. The van der Waals surface area contributed by atoms with Crippen LogP contribution in [0.2, 0.25) is 0 Å². The maximum atomic E-state index is 5.99.